The van der Waals surface area contributed by atoms with Crippen LogP contribution >= 0.6 is 24.8 Å². The lowest BCUT2D eigenvalue weighted by molar-refractivity contribution is 0.460. The predicted octanol–water partition coefficient (Wildman–Crippen LogP) is 2.26. The molecule has 0 amide bonds. The van der Waals surface area contributed by atoms with Crippen molar-refractivity contribution < 1.29 is 0 Å². The van der Waals surface area contributed by atoms with Crippen molar-refractivity contribution in [1.29, 1.82) is 0 Å². The van der Waals surface area contributed by atoms with E-state index >= 15 is 0 Å². The van der Waals surface area contributed by atoms with Crippen molar-refractivity contribution in [2.45, 2.75) is 26.3 Å². The molecule has 3 rings (SSSR count). The summed E-state index contributed by atoms with van der Waals surface area (Å²) in [5.41, 5.74) is 1.98. The molecule has 134 valence electrons. The van der Waals surface area contributed by atoms with E-state index < -0.39 is 0 Å². The molecule has 2 aromatic rings. The summed E-state index contributed by atoms with van der Waals surface area (Å²) in [5.74, 6) is 0. The summed E-state index contributed by atoms with van der Waals surface area (Å²) >= 11 is 0. The normalized spacial score (nSPS) is 15.3. The van der Waals surface area contributed by atoms with Gasteiger partial charge in [0.1, 0.15) is 6.33 Å². The zero-order valence-corrected chi connectivity index (χ0v) is 15.6. The van der Waals surface area contributed by atoms with Gasteiger partial charge in [0.05, 0.1) is 11.7 Å². The highest BCUT2D eigenvalue weighted by atomic mass is 35.5. The van der Waals surface area contributed by atoms with Crippen molar-refractivity contribution in [3.63, 3.8) is 0 Å². The van der Waals surface area contributed by atoms with Crippen molar-refractivity contribution in [3.05, 3.63) is 41.1 Å². The highest BCUT2D eigenvalue weighted by Gasteiger charge is 2.13. The summed E-state index contributed by atoms with van der Waals surface area (Å²) in [4.78, 5) is 14.8. The summed E-state index contributed by atoms with van der Waals surface area (Å²) in [5, 5.41) is 7.57. The molecule has 24 heavy (non-hydrogen) atoms. The standard InChI is InChI=1S/C16H23N5O.2ClH/c1-3-13(2)21-16(22)20(12-18-21)15-6-4-14(5-7-15)19-10-8-17-9-11-19;;/h4-7,12-13,17H,3,8-11H2,1-2H3;2*1H. The number of anilines is 1. The highest BCUT2D eigenvalue weighted by Crippen LogP contribution is 2.17. The zero-order chi connectivity index (χ0) is 15.5. The van der Waals surface area contributed by atoms with Crippen LogP contribution in [0.3, 0.4) is 0 Å². The first-order valence-corrected chi connectivity index (χ1v) is 7.93. The Morgan fingerprint density at radius 3 is 2.29 bits per heavy atom. The Bertz CT molecular complexity index is 677. The van der Waals surface area contributed by atoms with Crippen LogP contribution in [0.5, 0.6) is 0 Å². The van der Waals surface area contributed by atoms with Gasteiger partial charge in [0.15, 0.2) is 0 Å². The van der Waals surface area contributed by atoms with E-state index in [1.807, 2.05) is 19.1 Å². The maximum Gasteiger partial charge on any atom is 0.350 e. The van der Waals surface area contributed by atoms with Gasteiger partial charge in [0.25, 0.3) is 0 Å². The van der Waals surface area contributed by atoms with Gasteiger partial charge in [-0.05, 0) is 37.6 Å². The topological polar surface area (TPSA) is 55.1 Å². The molecule has 1 atom stereocenters. The fraction of sp³-hybridized carbons (Fsp3) is 0.500. The van der Waals surface area contributed by atoms with Crippen molar-refractivity contribution in [2.75, 3.05) is 31.1 Å². The minimum atomic E-state index is -0.0794. The summed E-state index contributed by atoms with van der Waals surface area (Å²) in [7, 11) is 0. The van der Waals surface area contributed by atoms with E-state index in [9.17, 15) is 4.79 Å². The maximum atomic E-state index is 12.4. The van der Waals surface area contributed by atoms with E-state index in [1.165, 1.54) is 5.69 Å². The average molecular weight is 374 g/mol. The largest absolute Gasteiger partial charge is 0.369 e. The quantitative estimate of drug-likeness (QED) is 0.892. The number of rotatable bonds is 4. The Kier molecular flexibility index (Phi) is 7.79. The third-order valence-electron chi connectivity index (χ3n) is 4.31. The number of hydrogen-bond acceptors (Lipinski definition) is 4. The van der Waals surface area contributed by atoms with Crippen molar-refractivity contribution >= 4 is 30.5 Å². The molecule has 1 saturated heterocycles. The number of halogens is 2. The van der Waals surface area contributed by atoms with Crippen LogP contribution in [0.1, 0.15) is 26.3 Å². The lowest BCUT2D eigenvalue weighted by Gasteiger charge is -2.29. The molecule has 0 bridgehead atoms. The van der Waals surface area contributed by atoms with Gasteiger partial charge >= 0.3 is 5.69 Å². The summed E-state index contributed by atoms with van der Waals surface area (Å²) in [6.07, 6.45) is 2.49. The predicted molar refractivity (Wildman–Crippen MR) is 102 cm³/mol. The first-order valence-electron chi connectivity index (χ1n) is 7.93. The fourth-order valence-electron chi connectivity index (χ4n) is 2.72. The minimum absolute atomic E-state index is 0. The van der Waals surface area contributed by atoms with Crippen LogP contribution in [-0.2, 0) is 0 Å². The first-order chi connectivity index (χ1) is 10.7. The molecule has 2 heterocycles. The summed E-state index contributed by atoms with van der Waals surface area (Å²) in [6.45, 7) is 8.13. The fourth-order valence-corrected chi connectivity index (χ4v) is 2.72. The molecule has 6 nitrogen and oxygen atoms in total. The van der Waals surface area contributed by atoms with Crippen LogP contribution in [0.2, 0.25) is 0 Å². The van der Waals surface area contributed by atoms with Gasteiger partial charge in [-0.1, -0.05) is 6.92 Å². The Balaban J connectivity index is 0.00000144. The summed E-state index contributed by atoms with van der Waals surface area (Å²) in [6, 6.07) is 8.25. The number of nitrogens with zero attached hydrogens (tertiary/aromatic N) is 4. The van der Waals surface area contributed by atoms with Crippen molar-refractivity contribution in [3.8, 4) is 5.69 Å². The third-order valence-corrected chi connectivity index (χ3v) is 4.31. The van der Waals surface area contributed by atoms with Gasteiger partial charge in [-0.3, -0.25) is 0 Å². The zero-order valence-electron chi connectivity index (χ0n) is 14.0. The Labute approximate surface area is 154 Å². The molecule has 8 heteroatoms. The minimum Gasteiger partial charge on any atom is -0.369 e. The molecule has 0 aliphatic carbocycles. The van der Waals surface area contributed by atoms with E-state index in [0.717, 1.165) is 38.3 Å². The van der Waals surface area contributed by atoms with E-state index in [1.54, 1.807) is 15.6 Å². The Hall–Kier alpha value is -1.50. The van der Waals surface area contributed by atoms with E-state index in [-0.39, 0.29) is 36.5 Å². The number of piperazine rings is 1. The van der Waals surface area contributed by atoms with Gasteiger partial charge in [-0.2, -0.15) is 5.10 Å². The van der Waals surface area contributed by atoms with Crippen LogP contribution in [0.15, 0.2) is 35.4 Å². The van der Waals surface area contributed by atoms with Crippen LogP contribution in [0, 0.1) is 0 Å². The molecule has 1 aromatic carbocycles. The van der Waals surface area contributed by atoms with E-state index in [2.05, 4.69) is 34.4 Å². The number of hydrogen-bond donors (Lipinski definition) is 1. The highest BCUT2D eigenvalue weighted by molar-refractivity contribution is 5.85. The SMILES string of the molecule is CCC(C)n1ncn(-c2ccc(N3CCNCC3)cc2)c1=O.Cl.Cl. The van der Waals surface area contributed by atoms with Crippen LogP contribution in [-0.4, -0.2) is 40.5 Å². The number of benzene rings is 1. The lowest BCUT2D eigenvalue weighted by atomic mass is 10.2. The molecule has 1 N–H and O–H groups in total. The molecule has 0 spiro atoms. The maximum absolute atomic E-state index is 12.4. The lowest BCUT2D eigenvalue weighted by Crippen LogP contribution is -2.43. The van der Waals surface area contributed by atoms with Crippen LogP contribution in [0.4, 0.5) is 5.69 Å². The first kappa shape index (κ1) is 20.5. The monoisotopic (exact) mass is 373 g/mol. The molecule has 1 fully saturated rings. The number of aromatic nitrogens is 3. The van der Waals surface area contributed by atoms with Gasteiger partial charge < -0.3 is 10.2 Å². The Morgan fingerprint density at radius 2 is 1.71 bits per heavy atom. The second kappa shape index (κ2) is 9.11. The molecule has 0 saturated carbocycles. The van der Waals surface area contributed by atoms with Crippen LogP contribution in [0.25, 0.3) is 5.69 Å². The van der Waals surface area contributed by atoms with Gasteiger partial charge in [0.2, 0.25) is 0 Å². The van der Waals surface area contributed by atoms with Crippen molar-refractivity contribution in [1.82, 2.24) is 19.7 Å². The van der Waals surface area contributed by atoms with Crippen molar-refractivity contribution in [2.24, 2.45) is 0 Å². The molecule has 1 aromatic heterocycles. The molecule has 1 aliphatic heterocycles. The summed E-state index contributed by atoms with van der Waals surface area (Å²) < 4.78 is 3.15. The molecule has 0 radical (unpaired) electrons. The third kappa shape index (κ3) is 4.12. The van der Waals surface area contributed by atoms with E-state index in [4.69, 9.17) is 0 Å². The molecule has 1 unspecified atom stereocenters. The average Bonchev–Trinajstić information content (AvgIpc) is 2.97. The van der Waals surface area contributed by atoms with Gasteiger partial charge in [-0.15, -0.1) is 24.8 Å². The van der Waals surface area contributed by atoms with Gasteiger partial charge in [0, 0.05) is 31.9 Å². The molecule has 1 aliphatic rings. The van der Waals surface area contributed by atoms with Gasteiger partial charge in [-0.25, -0.2) is 14.0 Å². The molecular weight excluding hydrogens is 349 g/mol. The van der Waals surface area contributed by atoms with Crippen LogP contribution < -0.4 is 15.9 Å². The Morgan fingerprint density at radius 1 is 1.12 bits per heavy atom. The second-order valence-electron chi connectivity index (χ2n) is 5.74. The molecular formula is C16H25Cl2N5O. The second-order valence-corrected chi connectivity index (χ2v) is 5.74. The number of nitrogens with one attached hydrogen (secondary N) is 1. The van der Waals surface area contributed by atoms with E-state index in [0.29, 0.717) is 0 Å². The smallest absolute Gasteiger partial charge is 0.350 e.